The molecule has 6 nitrogen and oxygen atoms in total. The Morgan fingerprint density at radius 2 is 2.11 bits per heavy atom. The van der Waals surface area contributed by atoms with Crippen molar-refractivity contribution < 1.29 is 9.90 Å². The van der Waals surface area contributed by atoms with E-state index in [2.05, 4.69) is 10.3 Å². The summed E-state index contributed by atoms with van der Waals surface area (Å²) in [6.07, 6.45) is 5.24. The second-order valence-electron chi connectivity index (χ2n) is 4.11. The van der Waals surface area contributed by atoms with Gasteiger partial charge in [-0.3, -0.25) is 9.36 Å². The van der Waals surface area contributed by atoms with E-state index in [9.17, 15) is 9.59 Å². The van der Waals surface area contributed by atoms with Gasteiger partial charge >= 0.3 is 5.69 Å². The fourth-order valence-corrected chi connectivity index (χ4v) is 1.60. The van der Waals surface area contributed by atoms with Crippen LogP contribution in [-0.4, -0.2) is 27.2 Å². The molecule has 0 aliphatic rings. The normalized spacial score (nSPS) is 10.3. The average Bonchev–Trinajstić information content (AvgIpc) is 2.30. The van der Waals surface area contributed by atoms with Crippen LogP contribution in [0, 0.1) is 0 Å². The van der Waals surface area contributed by atoms with Crippen LogP contribution in [-0.2, 0) is 11.3 Å². The second kappa shape index (κ2) is 7.60. The number of unbranched alkanes of at least 4 members (excludes halogenated alkanes) is 3. The zero-order valence-electron chi connectivity index (χ0n) is 10.6. The maximum atomic E-state index is 11.6. The molecule has 6 heteroatoms. The number of hydrogen-bond acceptors (Lipinski definition) is 4. The van der Waals surface area contributed by atoms with Crippen LogP contribution >= 0.6 is 0 Å². The van der Waals surface area contributed by atoms with E-state index >= 15 is 0 Å². The van der Waals surface area contributed by atoms with Gasteiger partial charge in [-0.05, 0) is 18.9 Å². The standard InChI is InChI=1S/C12H19N3O3/c1-10(17)13-11-6-8-15(12(18)14-11)7-4-2-3-5-9-16/h6,8,16H,2-5,7,9H2,1H3,(H,13,14,17,18). The molecule has 1 rings (SSSR count). The quantitative estimate of drug-likeness (QED) is 0.702. The highest BCUT2D eigenvalue weighted by atomic mass is 16.3. The third kappa shape index (κ3) is 5.09. The monoisotopic (exact) mass is 253 g/mol. The highest BCUT2D eigenvalue weighted by Gasteiger charge is 2.01. The van der Waals surface area contributed by atoms with Gasteiger partial charge in [0.05, 0.1) is 0 Å². The van der Waals surface area contributed by atoms with Gasteiger partial charge in [-0.1, -0.05) is 12.8 Å². The Labute approximate surface area is 106 Å². The number of hydrogen-bond donors (Lipinski definition) is 2. The number of aliphatic hydroxyl groups excluding tert-OH is 1. The molecule has 18 heavy (non-hydrogen) atoms. The van der Waals surface area contributed by atoms with E-state index in [4.69, 9.17) is 5.11 Å². The predicted molar refractivity (Wildman–Crippen MR) is 68.4 cm³/mol. The summed E-state index contributed by atoms with van der Waals surface area (Å²) in [5.74, 6) is 0.0349. The van der Waals surface area contributed by atoms with Crippen LogP contribution in [0.1, 0.15) is 32.6 Å². The molecule has 0 spiro atoms. The molecule has 0 bridgehead atoms. The van der Waals surface area contributed by atoms with Gasteiger partial charge in [0.1, 0.15) is 5.82 Å². The van der Waals surface area contributed by atoms with Crippen molar-refractivity contribution in [3.8, 4) is 0 Å². The Kier molecular flexibility index (Phi) is 6.07. The molecule has 0 aromatic carbocycles. The van der Waals surface area contributed by atoms with Gasteiger partial charge in [-0.2, -0.15) is 4.98 Å². The minimum absolute atomic E-state index is 0.215. The largest absolute Gasteiger partial charge is 0.396 e. The minimum atomic E-state index is -0.358. The molecule has 0 saturated carbocycles. The first-order chi connectivity index (χ1) is 8.63. The molecule has 1 aromatic rings. The number of aryl methyl sites for hydroxylation is 1. The Morgan fingerprint density at radius 3 is 2.72 bits per heavy atom. The summed E-state index contributed by atoms with van der Waals surface area (Å²) in [6.45, 7) is 2.19. The summed E-state index contributed by atoms with van der Waals surface area (Å²) in [6, 6.07) is 1.61. The minimum Gasteiger partial charge on any atom is -0.396 e. The van der Waals surface area contributed by atoms with Crippen LogP contribution in [0.3, 0.4) is 0 Å². The maximum absolute atomic E-state index is 11.6. The number of nitrogens with one attached hydrogen (secondary N) is 1. The first kappa shape index (κ1) is 14.4. The van der Waals surface area contributed by atoms with Gasteiger partial charge < -0.3 is 10.4 Å². The molecule has 1 heterocycles. The Balaban J connectivity index is 2.47. The topological polar surface area (TPSA) is 84.2 Å². The van der Waals surface area contributed by atoms with E-state index in [0.717, 1.165) is 25.7 Å². The number of aliphatic hydroxyl groups is 1. The molecule has 0 atom stereocenters. The number of rotatable bonds is 7. The lowest BCUT2D eigenvalue weighted by Crippen LogP contribution is -2.24. The molecule has 1 aromatic heterocycles. The van der Waals surface area contributed by atoms with Crippen molar-refractivity contribution in [2.45, 2.75) is 39.2 Å². The number of anilines is 1. The Bertz CT molecular complexity index is 442. The van der Waals surface area contributed by atoms with Crippen molar-refractivity contribution in [2.75, 3.05) is 11.9 Å². The zero-order valence-corrected chi connectivity index (χ0v) is 10.6. The van der Waals surface area contributed by atoms with Gasteiger partial charge in [0, 0.05) is 26.3 Å². The van der Waals surface area contributed by atoms with E-state index in [-0.39, 0.29) is 24.0 Å². The highest BCUT2D eigenvalue weighted by molar-refractivity contribution is 5.87. The van der Waals surface area contributed by atoms with Crippen LogP contribution in [0.2, 0.25) is 0 Å². The Hall–Kier alpha value is -1.69. The van der Waals surface area contributed by atoms with Gasteiger partial charge in [-0.25, -0.2) is 4.79 Å². The van der Waals surface area contributed by atoms with Crippen molar-refractivity contribution in [1.29, 1.82) is 0 Å². The lowest BCUT2D eigenvalue weighted by atomic mass is 10.2. The van der Waals surface area contributed by atoms with E-state index in [0.29, 0.717) is 6.54 Å². The second-order valence-corrected chi connectivity index (χ2v) is 4.11. The first-order valence-corrected chi connectivity index (χ1v) is 6.09. The SMILES string of the molecule is CC(=O)Nc1ccn(CCCCCCO)c(=O)n1. The number of nitrogens with zero attached hydrogens (tertiary/aromatic N) is 2. The van der Waals surface area contributed by atoms with Crippen molar-refractivity contribution in [3.63, 3.8) is 0 Å². The molecule has 100 valence electrons. The molecule has 0 aliphatic carbocycles. The molecule has 1 amide bonds. The fraction of sp³-hybridized carbons (Fsp3) is 0.583. The van der Waals surface area contributed by atoms with E-state index in [1.54, 1.807) is 12.3 Å². The lowest BCUT2D eigenvalue weighted by Gasteiger charge is -2.06. The smallest absolute Gasteiger partial charge is 0.349 e. The maximum Gasteiger partial charge on any atom is 0.349 e. The number of aromatic nitrogens is 2. The van der Waals surface area contributed by atoms with Crippen LogP contribution in [0.4, 0.5) is 5.82 Å². The molecule has 0 saturated heterocycles. The van der Waals surface area contributed by atoms with Crippen LogP contribution in [0.5, 0.6) is 0 Å². The van der Waals surface area contributed by atoms with Crippen LogP contribution in [0.15, 0.2) is 17.1 Å². The van der Waals surface area contributed by atoms with Gasteiger partial charge in [0.15, 0.2) is 0 Å². The molecule has 0 fully saturated rings. The van der Waals surface area contributed by atoms with Gasteiger partial charge in [0.25, 0.3) is 0 Å². The van der Waals surface area contributed by atoms with Gasteiger partial charge in [-0.15, -0.1) is 0 Å². The Morgan fingerprint density at radius 1 is 1.39 bits per heavy atom. The third-order valence-corrected chi connectivity index (χ3v) is 2.49. The average molecular weight is 253 g/mol. The summed E-state index contributed by atoms with van der Waals surface area (Å²) in [5, 5.41) is 11.1. The predicted octanol–water partition coefficient (Wildman–Crippen LogP) is 0.754. The molecule has 0 unspecified atom stereocenters. The molecule has 0 aliphatic heterocycles. The lowest BCUT2D eigenvalue weighted by molar-refractivity contribution is -0.114. The van der Waals surface area contributed by atoms with Crippen molar-refractivity contribution in [3.05, 3.63) is 22.7 Å². The first-order valence-electron chi connectivity index (χ1n) is 6.09. The number of carbonyl (C=O) groups is 1. The molecule has 2 N–H and O–H groups in total. The van der Waals surface area contributed by atoms with Gasteiger partial charge in [0.2, 0.25) is 5.91 Å². The van der Waals surface area contributed by atoms with E-state index < -0.39 is 0 Å². The fourth-order valence-electron chi connectivity index (χ4n) is 1.60. The van der Waals surface area contributed by atoms with E-state index in [1.165, 1.54) is 11.5 Å². The number of amides is 1. The molecular weight excluding hydrogens is 234 g/mol. The van der Waals surface area contributed by atoms with Crippen molar-refractivity contribution >= 4 is 11.7 Å². The van der Waals surface area contributed by atoms with Crippen molar-refractivity contribution in [2.24, 2.45) is 0 Å². The molecule has 0 radical (unpaired) electrons. The summed E-state index contributed by atoms with van der Waals surface area (Å²) in [7, 11) is 0. The molecular formula is C12H19N3O3. The summed E-state index contributed by atoms with van der Waals surface area (Å²) >= 11 is 0. The van der Waals surface area contributed by atoms with Crippen LogP contribution < -0.4 is 11.0 Å². The number of carbonyl (C=O) groups excluding carboxylic acids is 1. The van der Waals surface area contributed by atoms with E-state index in [1.807, 2.05) is 0 Å². The summed E-state index contributed by atoms with van der Waals surface area (Å²) in [5.41, 5.74) is -0.358. The van der Waals surface area contributed by atoms with Crippen LogP contribution in [0.25, 0.3) is 0 Å². The summed E-state index contributed by atoms with van der Waals surface area (Å²) in [4.78, 5) is 26.2. The third-order valence-electron chi connectivity index (χ3n) is 2.49. The summed E-state index contributed by atoms with van der Waals surface area (Å²) < 4.78 is 1.52. The zero-order chi connectivity index (χ0) is 13.4. The van der Waals surface area contributed by atoms with Crippen molar-refractivity contribution in [1.82, 2.24) is 9.55 Å². The highest BCUT2D eigenvalue weighted by Crippen LogP contribution is 2.02.